The molecule has 3 heteroatoms. The molecule has 0 amide bonds. The maximum atomic E-state index is 5.04. The van der Waals surface area contributed by atoms with Crippen LogP contribution in [0.25, 0.3) is 0 Å². The van der Waals surface area contributed by atoms with Crippen molar-refractivity contribution in [3.05, 3.63) is 0 Å². The number of nitrogens with zero attached hydrogens (tertiary/aromatic N) is 1. The number of hydrogen-bond acceptors (Lipinski definition) is 3. The van der Waals surface area contributed by atoms with Crippen LogP contribution in [0.5, 0.6) is 0 Å². The van der Waals surface area contributed by atoms with Crippen LogP contribution in [0.15, 0.2) is 0 Å². The third-order valence-corrected chi connectivity index (χ3v) is 2.30. The van der Waals surface area contributed by atoms with Crippen molar-refractivity contribution in [2.75, 3.05) is 40.9 Å². The number of hydrogen-bond donors (Lipinski definition) is 1. The van der Waals surface area contributed by atoms with Gasteiger partial charge in [0, 0.05) is 26.3 Å². The summed E-state index contributed by atoms with van der Waals surface area (Å²) >= 11 is 0. The van der Waals surface area contributed by atoms with E-state index in [2.05, 4.69) is 38.2 Å². The average molecular weight is 216 g/mol. The Labute approximate surface area is 95.2 Å². The summed E-state index contributed by atoms with van der Waals surface area (Å²) in [6.45, 7) is 7.58. The fourth-order valence-electron chi connectivity index (χ4n) is 1.75. The molecule has 0 saturated carbocycles. The standard InChI is InChI=1S/C12H28N2O/c1-11(2)9-12(10-14(3)4)13-7-6-8-15-5/h11-13H,6-10H2,1-5H3. The van der Waals surface area contributed by atoms with Crippen LogP contribution in [0.3, 0.4) is 0 Å². The summed E-state index contributed by atoms with van der Waals surface area (Å²) in [4.78, 5) is 2.25. The van der Waals surface area contributed by atoms with Gasteiger partial charge < -0.3 is 15.0 Å². The van der Waals surface area contributed by atoms with Gasteiger partial charge >= 0.3 is 0 Å². The van der Waals surface area contributed by atoms with E-state index in [1.807, 2.05) is 0 Å². The minimum absolute atomic E-state index is 0.608. The number of ether oxygens (including phenoxy) is 1. The molecule has 92 valence electrons. The highest BCUT2D eigenvalue weighted by molar-refractivity contribution is 4.71. The lowest BCUT2D eigenvalue weighted by Crippen LogP contribution is -2.39. The smallest absolute Gasteiger partial charge is 0.0474 e. The van der Waals surface area contributed by atoms with E-state index < -0.39 is 0 Å². The average Bonchev–Trinajstić information content (AvgIpc) is 2.10. The highest BCUT2D eigenvalue weighted by atomic mass is 16.5. The van der Waals surface area contributed by atoms with Gasteiger partial charge in [0.1, 0.15) is 0 Å². The first-order valence-electron chi connectivity index (χ1n) is 5.93. The van der Waals surface area contributed by atoms with Crippen LogP contribution < -0.4 is 5.32 Å². The lowest BCUT2D eigenvalue weighted by atomic mass is 10.0. The molecule has 0 spiro atoms. The minimum atomic E-state index is 0.608. The first-order chi connectivity index (χ1) is 7.06. The van der Waals surface area contributed by atoms with Gasteiger partial charge in [0.25, 0.3) is 0 Å². The second-order valence-electron chi connectivity index (χ2n) is 4.89. The summed E-state index contributed by atoms with van der Waals surface area (Å²) in [5, 5.41) is 3.60. The summed E-state index contributed by atoms with van der Waals surface area (Å²) in [6, 6.07) is 0.608. The Balaban J connectivity index is 3.69. The van der Waals surface area contributed by atoms with E-state index in [9.17, 15) is 0 Å². The zero-order valence-electron chi connectivity index (χ0n) is 11.0. The van der Waals surface area contributed by atoms with E-state index in [1.54, 1.807) is 7.11 Å². The third-order valence-electron chi connectivity index (χ3n) is 2.30. The highest BCUT2D eigenvalue weighted by Gasteiger charge is 2.10. The van der Waals surface area contributed by atoms with Crippen LogP contribution >= 0.6 is 0 Å². The van der Waals surface area contributed by atoms with Gasteiger partial charge in [-0.15, -0.1) is 0 Å². The molecule has 0 radical (unpaired) electrons. The fraction of sp³-hybridized carbons (Fsp3) is 1.00. The van der Waals surface area contributed by atoms with Crippen molar-refractivity contribution in [1.29, 1.82) is 0 Å². The van der Waals surface area contributed by atoms with E-state index >= 15 is 0 Å². The predicted octanol–water partition coefficient (Wildman–Crippen LogP) is 1.59. The minimum Gasteiger partial charge on any atom is -0.385 e. The Morgan fingerprint density at radius 1 is 1.27 bits per heavy atom. The number of rotatable bonds is 9. The molecule has 0 bridgehead atoms. The zero-order chi connectivity index (χ0) is 11.7. The summed E-state index contributed by atoms with van der Waals surface area (Å²) in [5.74, 6) is 0.755. The van der Waals surface area contributed by atoms with Crippen LogP contribution in [-0.4, -0.2) is 51.8 Å². The van der Waals surface area contributed by atoms with Crippen LogP contribution in [0.1, 0.15) is 26.7 Å². The van der Waals surface area contributed by atoms with Crippen molar-refractivity contribution in [1.82, 2.24) is 10.2 Å². The van der Waals surface area contributed by atoms with Crippen molar-refractivity contribution < 1.29 is 4.74 Å². The third kappa shape index (κ3) is 10.2. The van der Waals surface area contributed by atoms with Gasteiger partial charge in [-0.1, -0.05) is 13.8 Å². The molecule has 1 atom stereocenters. The van der Waals surface area contributed by atoms with Gasteiger partial charge in [-0.2, -0.15) is 0 Å². The van der Waals surface area contributed by atoms with E-state index in [-0.39, 0.29) is 0 Å². The monoisotopic (exact) mass is 216 g/mol. The van der Waals surface area contributed by atoms with Crippen LogP contribution in [0.2, 0.25) is 0 Å². The van der Waals surface area contributed by atoms with E-state index in [0.717, 1.165) is 32.0 Å². The summed E-state index contributed by atoms with van der Waals surface area (Å²) in [5.41, 5.74) is 0. The second kappa shape index (κ2) is 9.13. The van der Waals surface area contributed by atoms with Gasteiger partial charge in [-0.25, -0.2) is 0 Å². The molecule has 0 saturated heterocycles. The van der Waals surface area contributed by atoms with Gasteiger partial charge in [0.15, 0.2) is 0 Å². The Hall–Kier alpha value is -0.120. The Bertz CT molecular complexity index is 128. The Kier molecular flexibility index (Phi) is 9.06. The number of methoxy groups -OCH3 is 1. The Morgan fingerprint density at radius 2 is 1.93 bits per heavy atom. The molecule has 0 aromatic carbocycles. The molecule has 0 aromatic rings. The molecule has 1 N–H and O–H groups in total. The van der Waals surface area contributed by atoms with Crippen molar-refractivity contribution in [2.45, 2.75) is 32.7 Å². The van der Waals surface area contributed by atoms with Crippen LogP contribution in [-0.2, 0) is 4.74 Å². The van der Waals surface area contributed by atoms with Gasteiger partial charge in [-0.3, -0.25) is 0 Å². The van der Waals surface area contributed by atoms with E-state index in [1.165, 1.54) is 6.42 Å². The topological polar surface area (TPSA) is 24.5 Å². The maximum Gasteiger partial charge on any atom is 0.0474 e. The van der Waals surface area contributed by atoms with E-state index in [4.69, 9.17) is 4.74 Å². The van der Waals surface area contributed by atoms with Crippen molar-refractivity contribution in [3.63, 3.8) is 0 Å². The fourth-order valence-corrected chi connectivity index (χ4v) is 1.75. The highest BCUT2D eigenvalue weighted by Crippen LogP contribution is 2.05. The number of likely N-dealkylation sites (N-methyl/N-ethyl adjacent to an activating group) is 1. The molecular formula is C12H28N2O. The molecule has 1 unspecified atom stereocenters. The largest absolute Gasteiger partial charge is 0.385 e. The predicted molar refractivity (Wildman–Crippen MR) is 66.3 cm³/mol. The molecule has 0 aliphatic rings. The van der Waals surface area contributed by atoms with Gasteiger partial charge in [-0.05, 0) is 39.4 Å². The van der Waals surface area contributed by atoms with Crippen molar-refractivity contribution >= 4 is 0 Å². The van der Waals surface area contributed by atoms with Crippen molar-refractivity contribution in [2.24, 2.45) is 5.92 Å². The lowest BCUT2D eigenvalue weighted by Gasteiger charge is -2.24. The molecule has 0 aliphatic carbocycles. The first-order valence-corrected chi connectivity index (χ1v) is 5.93. The molecule has 0 fully saturated rings. The van der Waals surface area contributed by atoms with Gasteiger partial charge in [0.2, 0.25) is 0 Å². The molecule has 3 nitrogen and oxygen atoms in total. The summed E-state index contributed by atoms with van der Waals surface area (Å²) < 4.78 is 5.04. The normalized spacial score (nSPS) is 13.8. The van der Waals surface area contributed by atoms with Gasteiger partial charge in [0.05, 0.1) is 0 Å². The molecule has 0 rings (SSSR count). The lowest BCUT2D eigenvalue weighted by molar-refractivity contribution is 0.191. The van der Waals surface area contributed by atoms with Crippen molar-refractivity contribution in [3.8, 4) is 0 Å². The SMILES string of the molecule is COCCCNC(CC(C)C)CN(C)C. The zero-order valence-corrected chi connectivity index (χ0v) is 11.0. The molecular weight excluding hydrogens is 188 g/mol. The maximum absolute atomic E-state index is 5.04. The summed E-state index contributed by atoms with van der Waals surface area (Å²) in [6.07, 6.45) is 2.34. The van der Waals surface area contributed by atoms with Crippen LogP contribution in [0, 0.1) is 5.92 Å². The molecule has 0 aliphatic heterocycles. The van der Waals surface area contributed by atoms with Crippen LogP contribution in [0.4, 0.5) is 0 Å². The quantitative estimate of drug-likeness (QED) is 0.592. The van der Waals surface area contributed by atoms with E-state index in [0.29, 0.717) is 6.04 Å². The number of nitrogens with one attached hydrogen (secondary N) is 1. The second-order valence-corrected chi connectivity index (χ2v) is 4.89. The first kappa shape index (κ1) is 14.9. The summed E-state index contributed by atoms with van der Waals surface area (Å²) in [7, 11) is 6.01. The molecule has 0 heterocycles. The molecule has 15 heavy (non-hydrogen) atoms. The molecule has 0 aromatic heterocycles. The Morgan fingerprint density at radius 3 is 2.40 bits per heavy atom.